The fourth-order valence-corrected chi connectivity index (χ4v) is 16.4. The Hall–Kier alpha value is -1.67. The summed E-state index contributed by atoms with van der Waals surface area (Å²) < 4.78 is 48.0. The minimum absolute atomic E-state index is 0.0901. The van der Waals surface area contributed by atoms with E-state index in [0.29, 0.717) is 44.9 Å². The molecule has 30 atom stereocenters. The number of aliphatic carboxylic acids is 1. The Kier molecular flexibility index (Phi) is 16.7. The van der Waals surface area contributed by atoms with Gasteiger partial charge in [0.05, 0.1) is 44.7 Å². The summed E-state index contributed by atoms with van der Waals surface area (Å²) >= 11 is 0. The van der Waals surface area contributed by atoms with Crippen LogP contribution < -0.4 is 0 Å². The van der Waals surface area contributed by atoms with Gasteiger partial charge < -0.3 is 114 Å². The summed E-state index contributed by atoms with van der Waals surface area (Å²) in [5.74, 6) is -1.79. The van der Waals surface area contributed by atoms with Gasteiger partial charge in [-0.1, -0.05) is 60.1 Å². The van der Waals surface area contributed by atoms with Crippen LogP contribution in [0.1, 0.15) is 99.8 Å². The molecular weight excluding hydrogens is 1020 g/mol. The Morgan fingerprint density at radius 3 is 1.77 bits per heavy atom. The molecular formula is C53H86O24. The highest BCUT2D eigenvalue weighted by atomic mass is 16.8. The second-order valence-electron chi connectivity index (χ2n) is 26.0. The Labute approximate surface area is 447 Å². The van der Waals surface area contributed by atoms with Crippen molar-refractivity contribution in [3.05, 3.63) is 11.6 Å². The summed E-state index contributed by atoms with van der Waals surface area (Å²) in [7, 11) is 0. The van der Waals surface area contributed by atoms with Gasteiger partial charge in [-0.25, -0.2) is 4.79 Å². The lowest BCUT2D eigenvalue weighted by molar-refractivity contribution is -0.375. The maximum Gasteiger partial charge on any atom is 0.335 e. The number of rotatable bonds is 12. The summed E-state index contributed by atoms with van der Waals surface area (Å²) in [5.41, 5.74) is -2.17. The molecule has 24 nitrogen and oxygen atoms in total. The standard InChI is InChI=1S/C53H86O24/c1-48(2)16-22-21-8-9-27-50(4)12-11-28(73-47-40(34(63)33(62)39(75-47)43(68)69)76-46-36(65)32(61)30(59)25(18-55)72-46)51(5,20-56)26(50)10-13-53(27,7)52(21,6)15-14-49(22,3)42(41(48)67)77-44-37(66)38(23(57)19-70-44)74-45-35(64)31(60)29(58)24(17-54)71-45/h8,22-42,44-47,54-67H,9-20H2,1-7H3,(H,68,69)/t22-,23-,24+,25+,26+,27+,28-,29+,30-,31-,32-,33-,34-,35+,36+,37+,38-,39-,40+,41-,42+,44-,45-,46-,47+,49+,50-,51+,52+,53+/m0/s1. The third kappa shape index (κ3) is 9.50. The van der Waals surface area contributed by atoms with Gasteiger partial charge in [0.15, 0.2) is 31.3 Å². The monoisotopic (exact) mass is 1110 g/mol. The van der Waals surface area contributed by atoms with Crippen molar-refractivity contribution in [1.82, 2.24) is 0 Å². The molecule has 0 radical (unpaired) electrons. The number of ether oxygens (including phenoxy) is 8. The predicted molar refractivity (Wildman–Crippen MR) is 260 cm³/mol. The Bertz CT molecular complexity index is 2130. The molecule has 9 aliphatic rings. The number of hydrogen-bond acceptors (Lipinski definition) is 23. The lowest BCUT2D eigenvalue weighted by Crippen LogP contribution is -2.69. The molecule has 8 fully saturated rings. The first-order chi connectivity index (χ1) is 36.0. The van der Waals surface area contributed by atoms with Crippen LogP contribution in [0.15, 0.2) is 11.6 Å². The summed E-state index contributed by atoms with van der Waals surface area (Å²) in [4.78, 5) is 12.4. The highest BCUT2D eigenvalue weighted by Crippen LogP contribution is 2.76. The number of allylic oxidation sites excluding steroid dienone is 2. The average Bonchev–Trinajstić information content (AvgIpc) is 3.45. The maximum absolute atomic E-state index is 12.4. The minimum Gasteiger partial charge on any atom is -0.479 e. The molecule has 0 aromatic heterocycles. The number of carboxylic acid groups (broad SMARTS) is 1. The molecule has 0 unspecified atom stereocenters. The van der Waals surface area contributed by atoms with Gasteiger partial charge in [-0.2, -0.15) is 0 Å². The number of carbonyl (C=O) groups is 1. The molecule has 77 heavy (non-hydrogen) atoms. The van der Waals surface area contributed by atoms with Crippen molar-refractivity contribution in [3.63, 3.8) is 0 Å². The molecule has 4 aliphatic heterocycles. The largest absolute Gasteiger partial charge is 0.479 e. The van der Waals surface area contributed by atoms with Gasteiger partial charge in [0, 0.05) is 10.8 Å². The van der Waals surface area contributed by atoms with E-state index in [1.54, 1.807) is 0 Å². The number of hydrogen-bond donors (Lipinski definition) is 15. The van der Waals surface area contributed by atoms with Gasteiger partial charge >= 0.3 is 5.97 Å². The van der Waals surface area contributed by atoms with Crippen LogP contribution in [0, 0.1) is 50.2 Å². The van der Waals surface area contributed by atoms with Crippen LogP contribution in [0.5, 0.6) is 0 Å². The number of aliphatic hydroxyl groups excluding tert-OH is 14. The van der Waals surface area contributed by atoms with Crippen LogP contribution >= 0.6 is 0 Å². The van der Waals surface area contributed by atoms with Crippen LogP contribution in [0.3, 0.4) is 0 Å². The van der Waals surface area contributed by atoms with E-state index in [2.05, 4.69) is 33.8 Å². The van der Waals surface area contributed by atoms with Crippen molar-refractivity contribution < 1.29 is 119 Å². The summed E-state index contributed by atoms with van der Waals surface area (Å²) in [6.07, 6.45) is -27.7. The molecule has 15 N–H and O–H groups in total. The molecule has 24 heteroatoms. The first-order valence-corrected chi connectivity index (χ1v) is 27.4. The predicted octanol–water partition coefficient (Wildman–Crippen LogP) is -2.89. The molecule has 4 saturated carbocycles. The Morgan fingerprint density at radius 2 is 1.19 bits per heavy atom. The molecule has 0 amide bonds. The second-order valence-corrected chi connectivity index (χ2v) is 26.0. The van der Waals surface area contributed by atoms with Crippen LogP contribution in [0.4, 0.5) is 0 Å². The molecule has 9 rings (SSSR count). The van der Waals surface area contributed by atoms with E-state index < -0.39 is 176 Å². The average molecular weight is 1110 g/mol. The molecule has 0 aromatic rings. The Balaban J connectivity index is 0.955. The van der Waals surface area contributed by atoms with Crippen molar-refractivity contribution in [2.45, 2.75) is 235 Å². The van der Waals surface area contributed by atoms with Gasteiger partial charge in [-0.15, -0.1) is 0 Å². The van der Waals surface area contributed by atoms with E-state index in [9.17, 15) is 81.4 Å². The highest BCUT2D eigenvalue weighted by molar-refractivity contribution is 5.73. The van der Waals surface area contributed by atoms with Crippen LogP contribution in [0.25, 0.3) is 0 Å². The van der Waals surface area contributed by atoms with Crippen molar-refractivity contribution in [3.8, 4) is 0 Å². The molecule has 4 heterocycles. The van der Waals surface area contributed by atoms with Gasteiger partial charge in [0.1, 0.15) is 85.5 Å². The van der Waals surface area contributed by atoms with Crippen molar-refractivity contribution in [1.29, 1.82) is 0 Å². The molecule has 0 aromatic carbocycles. The number of fused-ring (bicyclic) bond motifs is 7. The fourth-order valence-electron chi connectivity index (χ4n) is 16.4. The third-order valence-corrected chi connectivity index (χ3v) is 21.5. The fraction of sp³-hybridized carbons (Fsp3) is 0.943. The normalized spacial score (nSPS) is 55.7. The summed E-state index contributed by atoms with van der Waals surface area (Å²) in [6.45, 7) is 12.8. The van der Waals surface area contributed by atoms with E-state index in [0.717, 1.165) is 6.42 Å². The molecule has 0 bridgehead atoms. The van der Waals surface area contributed by atoms with E-state index in [1.807, 2.05) is 20.8 Å². The third-order valence-electron chi connectivity index (χ3n) is 21.5. The van der Waals surface area contributed by atoms with Gasteiger partial charge in [-0.3, -0.25) is 0 Å². The van der Waals surface area contributed by atoms with Gasteiger partial charge in [0.25, 0.3) is 0 Å². The Morgan fingerprint density at radius 1 is 0.597 bits per heavy atom. The summed E-state index contributed by atoms with van der Waals surface area (Å²) in [5, 5.41) is 162. The molecule has 5 aliphatic carbocycles. The smallest absolute Gasteiger partial charge is 0.335 e. The summed E-state index contributed by atoms with van der Waals surface area (Å²) in [6, 6.07) is 0. The molecule has 442 valence electrons. The second kappa shape index (κ2) is 21.5. The molecule has 0 spiro atoms. The minimum atomic E-state index is -2.04. The lowest BCUT2D eigenvalue weighted by atomic mass is 9.33. The van der Waals surface area contributed by atoms with Crippen molar-refractivity contribution in [2.24, 2.45) is 50.2 Å². The zero-order valence-electron chi connectivity index (χ0n) is 44.9. The molecule has 4 saturated heterocycles. The van der Waals surface area contributed by atoms with Gasteiger partial charge in [-0.05, 0) is 90.8 Å². The van der Waals surface area contributed by atoms with E-state index in [1.165, 1.54) is 5.57 Å². The van der Waals surface area contributed by atoms with Crippen LogP contribution in [-0.2, 0) is 42.7 Å². The quantitative estimate of drug-likeness (QED) is 0.0689. The van der Waals surface area contributed by atoms with Crippen LogP contribution in [-0.4, -0.2) is 244 Å². The maximum atomic E-state index is 12.4. The number of carboxylic acids is 1. The zero-order chi connectivity index (χ0) is 56.4. The zero-order valence-corrected chi connectivity index (χ0v) is 44.9. The first-order valence-electron chi connectivity index (χ1n) is 27.4. The topological polar surface area (TPSA) is 394 Å². The van der Waals surface area contributed by atoms with E-state index in [4.69, 9.17) is 37.9 Å². The first kappa shape index (κ1) is 59.9. The SMILES string of the molecule is CC1(C)C[C@H]2C3=CC[C@@H]4[C@@]5(C)CC[C@H](O[C@@H]6O[C@H](C(=O)O)[C@@H](O)[C@H](O)[C@H]6O[C@@H]6O[C@H](CO)[C@H](O)[C@H](O)[C@H]6O)[C@](C)(CO)[C@@H]5CC[C@@]4(C)[C@]3(C)CC[C@@]2(C)[C@H](O[C@@H]2OC[C@H](O)[C@H](O[C@@H]3O[C@H](CO)[C@@H](O)[C@H](O)[C@H]3O)[C@H]2O)[C@@H]1O. The van der Waals surface area contributed by atoms with E-state index in [-0.39, 0.29) is 41.8 Å². The van der Waals surface area contributed by atoms with Crippen molar-refractivity contribution in [2.75, 3.05) is 26.4 Å². The van der Waals surface area contributed by atoms with E-state index >= 15 is 0 Å². The number of aliphatic hydroxyl groups is 14. The van der Waals surface area contributed by atoms with Gasteiger partial charge in [0.2, 0.25) is 0 Å². The highest BCUT2D eigenvalue weighted by Gasteiger charge is 2.71. The van der Waals surface area contributed by atoms with Crippen LogP contribution in [0.2, 0.25) is 0 Å². The lowest BCUT2D eigenvalue weighted by Gasteiger charge is -2.72. The van der Waals surface area contributed by atoms with Crippen molar-refractivity contribution >= 4 is 5.97 Å².